The molecule has 1 saturated carbocycles. The van der Waals surface area contributed by atoms with E-state index >= 15 is 0 Å². The fraction of sp³-hybridized carbons (Fsp3) is 1.00. The summed E-state index contributed by atoms with van der Waals surface area (Å²) in [5.41, 5.74) is 0. The summed E-state index contributed by atoms with van der Waals surface area (Å²) >= 11 is 0. The molecule has 0 aromatic carbocycles. The van der Waals surface area contributed by atoms with Crippen molar-refractivity contribution in [2.75, 3.05) is 26.2 Å². The van der Waals surface area contributed by atoms with Crippen LogP contribution in [0.2, 0.25) is 0 Å². The van der Waals surface area contributed by atoms with Crippen molar-refractivity contribution in [3.05, 3.63) is 0 Å². The molecule has 2 nitrogen and oxygen atoms in total. The van der Waals surface area contributed by atoms with Crippen molar-refractivity contribution in [2.24, 2.45) is 17.8 Å². The Labute approximate surface area is 107 Å². The average molecular weight is 238 g/mol. The van der Waals surface area contributed by atoms with Crippen LogP contribution in [-0.2, 0) is 0 Å². The molecular formula is C15H30N2. The zero-order chi connectivity index (χ0) is 12.3. The lowest BCUT2D eigenvalue weighted by atomic mass is 9.98. The summed E-state index contributed by atoms with van der Waals surface area (Å²) < 4.78 is 0. The molecule has 1 aliphatic heterocycles. The number of rotatable bonds is 5. The van der Waals surface area contributed by atoms with Gasteiger partial charge in [-0.3, -0.25) is 0 Å². The van der Waals surface area contributed by atoms with E-state index in [-0.39, 0.29) is 0 Å². The molecule has 0 amide bonds. The summed E-state index contributed by atoms with van der Waals surface area (Å²) in [4.78, 5) is 2.72. The van der Waals surface area contributed by atoms with Gasteiger partial charge in [-0.15, -0.1) is 0 Å². The monoisotopic (exact) mass is 238 g/mol. The molecule has 0 radical (unpaired) electrons. The van der Waals surface area contributed by atoms with E-state index in [1.165, 1.54) is 51.9 Å². The largest absolute Gasteiger partial charge is 0.314 e. The van der Waals surface area contributed by atoms with Gasteiger partial charge in [-0.1, -0.05) is 33.6 Å². The molecule has 2 aliphatic rings. The zero-order valence-electron chi connectivity index (χ0n) is 11.9. The van der Waals surface area contributed by atoms with Crippen molar-refractivity contribution in [1.29, 1.82) is 0 Å². The summed E-state index contributed by atoms with van der Waals surface area (Å²) in [6, 6.07) is 0.638. The van der Waals surface area contributed by atoms with Gasteiger partial charge in [-0.05, 0) is 43.7 Å². The minimum Gasteiger partial charge on any atom is -0.314 e. The molecule has 3 unspecified atom stereocenters. The highest BCUT2D eigenvalue weighted by Crippen LogP contribution is 2.32. The molecule has 100 valence electrons. The van der Waals surface area contributed by atoms with Crippen LogP contribution < -0.4 is 5.32 Å². The van der Waals surface area contributed by atoms with Gasteiger partial charge in [0.1, 0.15) is 0 Å². The van der Waals surface area contributed by atoms with E-state index in [2.05, 4.69) is 31.0 Å². The third-order valence-corrected chi connectivity index (χ3v) is 4.72. The normalized spacial score (nSPS) is 34.9. The van der Waals surface area contributed by atoms with Crippen LogP contribution in [0.25, 0.3) is 0 Å². The van der Waals surface area contributed by atoms with E-state index in [9.17, 15) is 0 Å². The molecule has 3 atom stereocenters. The number of hydrogen-bond acceptors (Lipinski definition) is 2. The molecule has 2 fully saturated rings. The Morgan fingerprint density at radius 2 is 2.06 bits per heavy atom. The van der Waals surface area contributed by atoms with Crippen molar-refractivity contribution < 1.29 is 0 Å². The fourth-order valence-corrected chi connectivity index (χ4v) is 3.47. The van der Waals surface area contributed by atoms with Crippen LogP contribution in [0, 0.1) is 17.8 Å². The molecular weight excluding hydrogens is 208 g/mol. The van der Waals surface area contributed by atoms with Gasteiger partial charge in [-0.2, -0.15) is 0 Å². The predicted molar refractivity (Wildman–Crippen MR) is 74.2 cm³/mol. The van der Waals surface area contributed by atoms with Crippen LogP contribution in [0.5, 0.6) is 0 Å². The second-order valence-corrected chi connectivity index (χ2v) is 6.65. The van der Waals surface area contributed by atoms with Crippen LogP contribution >= 0.6 is 0 Å². The highest BCUT2D eigenvalue weighted by molar-refractivity contribution is 4.83. The summed E-state index contributed by atoms with van der Waals surface area (Å²) in [6.07, 6.45) is 5.82. The summed E-state index contributed by atoms with van der Waals surface area (Å²) in [6.45, 7) is 12.2. The van der Waals surface area contributed by atoms with E-state index in [4.69, 9.17) is 0 Å². The van der Waals surface area contributed by atoms with Crippen LogP contribution in [-0.4, -0.2) is 37.1 Å². The number of likely N-dealkylation sites (tertiary alicyclic amines) is 1. The highest BCUT2D eigenvalue weighted by Gasteiger charge is 2.29. The average Bonchev–Trinajstić information content (AvgIpc) is 2.87. The minimum absolute atomic E-state index is 0.638. The fourth-order valence-electron chi connectivity index (χ4n) is 3.47. The molecule has 2 rings (SSSR count). The minimum atomic E-state index is 0.638. The molecule has 1 saturated heterocycles. The van der Waals surface area contributed by atoms with Crippen molar-refractivity contribution in [1.82, 2.24) is 10.2 Å². The van der Waals surface area contributed by atoms with Crippen molar-refractivity contribution in [2.45, 2.75) is 52.5 Å². The maximum absolute atomic E-state index is 3.58. The van der Waals surface area contributed by atoms with Crippen molar-refractivity contribution >= 4 is 0 Å². The van der Waals surface area contributed by atoms with Crippen molar-refractivity contribution in [3.8, 4) is 0 Å². The van der Waals surface area contributed by atoms with Crippen LogP contribution in [0.4, 0.5) is 0 Å². The Hall–Kier alpha value is -0.0800. The molecule has 0 spiro atoms. The molecule has 1 aliphatic carbocycles. The topological polar surface area (TPSA) is 15.3 Å². The lowest BCUT2D eigenvalue weighted by Crippen LogP contribution is -2.32. The highest BCUT2D eigenvalue weighted by atomic mass is 15.2. The molecule has 2 heteroatoms. The molecule has 1 N–H and O–H groups in total. The van der Waals surface area contributed by atoms with E-state index in [1.54, 1.807) is 0 Å². The van der Waals surface area contributed by atoms with Gasteiger partial charge >= 0.3 is 0 Å². The maximum atomic E-state index is 3.58. The first-order valence-electron chi connectivity index (χ1n) is 7.61. The summed E-state index contributed by atoms with van der Waals surface area (Å²) in [5.74, 6) is 2.86. The predicted octanol–water partition coefficient (Wildman–Crippen LogP) is 2.74. The third-order valence-electron chi connectivity index (χ3n) is 4.72. The number of hydrogen-bond donors (Lipinski definition) is 1. The number of nitrogens with one attached hydrogen (secondary N) is 1. The first kappa shape index (κ1) is 13.4. The molecule has 0 aromatic rings. The lowest BCUT2D eigenvalue weighted by Gasteiger charge is -2.23. The van der Waals surface area contributed by atoms with Gasteiger partial charge in [0.2, 0.25) is 0 Å². The first-order chi connectivity index (χ1) is 8.15. The Morgan fingerprint density at radius 1 is 1.24 bits per heavy atom. The Morgan fingerprint density at radius 3 is 2.71 bits per heavy atom. The Balaban J connectivity index is 1.67. The molecule has 0 aromatic heterocycles. The van der Waals surface area contributed by atoms with Crippen molar-refractivity contribution in [3.63, 3.8) is 0 Å². The van der Waals surface area contributed by atoms with Crippen LogP contribution in [0.1, 0.15) is 46.5 Å². The van der Waals surface area contributed by atoms with Gasteiger partial charge in [0.15, 0.2) is 0 Å². The standard InChI is InChI=1S/C15H30N2/c1-12(2)16-9-14-7-8-17(10-14)11-15-6-4-5-13(15)3/h12-16H,4-11H2,1-3H3. The second-order valence-electron chi connectivity index (χ2n) is 6.65. The van der Waals surface area contributed by atoms with E-state index in [0.29, 0.717) is 6.04 Å². The van der Waals surface area contributed by atoms with E-state index in [1.807, 2.05) is 0 Å². The molecule has 1 heterocycles. The zero-order valence-corrected chi connectivity index (χ0v) is 11.9. The van der Waals surface area contributed by atoms with Crippen LogP contribution in [0.3, 0.4) is 0 Å². The Bertz CT molecular complexity index is 227. The van der Waals surface area contributed by atoms with Gasteiger partial charge in [0, 0.05) is 19.1 Å². The Kier molecular flexibility index (Phi) is 4.87. The van der Waals surface area contributed by atoms with Gasteiger partial charge in [0.25, 0.3) is 0 Å². The third kappa shape index (κ3) is 3.96. The maximum Gasteiger partial charge on any atom is 0.00224 e. The number of nitrogens with zero attached hydrogens (tertiary/aromatic N) is 1. The summed E-state index contributed by atoms with van der Waals surface area (Å²) in [7, 11) is 0. The second kappa shape index (κ2) is 6.19. The summed E-state index contributed by atoms with van der Waals surface area (Å²) in [5, 5.41) is 3.58. The molecule has 0 bridgehead atoms. The van der Waals surface area contributed by atoms with Gasteiger partial charge < -0.3 is 10.2 Å². The SMILES string of the molecule is CC(C)NCC1CCN(CC2CCCC2C)C1. The van der Waals surface area contributed by atoms with Crippen LogP contribution in [0.15, 0.2) is 0 Å². The van der Waals surface area contributed by atoms with Gasteiger partial charge in [-0.25, -0.2) is 0 Å². The lowest BCUT2D eigenvalue weighted by molar-refractivity contribution is 0.240. The van der Waals surface area contributed by atoms with E-state index in [0.717, 1.165) is 17.8 Å². The first-order valence-corrected chi connectivity index (χ1v) is 7.61. The van der Waals surface area contributed by atoms with E-state index < -0.39 is 0 Å². The quantitative estimate of drug-likeness (QED) is 0.792. The van der Waals surface area contributed by atoms with Gasteiger partial charge in [0.05, 0.1) is 0 Å². The smallest absolute Gasteiger partial charge is 0.00224 e. The molecule has 17 heavy (non-hydrogen) atoms.